The largest absolute Gasteiger partial charge is 0.469 e. The summed E-state index contributed by atoms with van der Waals surface area (Å²) in [6.07, 6.45) is 9.86. The smallest absolute Gasteiger partial charge is 0.305 e. The van der Waals surface area contributed by atoms with Crippen molar-refractivity contribution in [3.63, 3.8) is 0 Å². The molecular formula is C25H42O4. The van der Waals surface area contributed by atoms with Crippen LogP contribution in [0.1, 0.15) is 85.0 Å². The van der Waals surface area contributed by atoms with Gasteiger partial charge < -0.3 is 14.9 Å². The second kappa shape index (κ2) is 7.82. The number of aliphatic hydroxyl groups excluding tert-OH is 2. The van der Waals surface area contributed by atoms with Crippen LogP contribution in [0.25, 0.3) is 0 Å². The van der Waals surface area contributed by atoms with Crippen molar-refractivity contribution in [3.05, 3.63) is 0 Å². The third-order valence-corrected chi connectivity index (χ3v) is 10.5. The number of esters is 1. The van der Waals surface area contributed by atoms with Crippen molar-refractivity contribution in [2.45, 2.75) is 97.2 Å². The first-order valence-electron chi connectivity index (χ1n) is 12.1. The summed E-state index contributed by atoms with van der Waals surface area (Å²) in [7, 11) is 1.46. The molecule has 0 aliphatic heterocycles. The van der Waals surface area contributed by atoms with Gasteiger partial charge in [0.1, 0.15) is 0 Å². The predicted molar refractivity (Wildman–Crippen MR) is 113 cm³/mol. The number of aliphatic hydroxyl groups is 2. The van der Waals surface area contributed by atoms with Crippen LogP contribution in [0, 0.1) is 46.3 Å². The summed E-state index contributed by atoms with van der Waals surface area (Å²) in [4.78, 5) is 11.6. The number of methoxy groups -OCH3 is 1. The van der Waals surface area contributed by atoms with Gasteiger partial charge in [-0.15, -0.1) is 0 Å². The Morgan fingerprint density at radius 3 is 2.55 bits per heavy atom. The Hall–Kier alpha value is -0.610. The van der Waals surface area contributed by atoms with Crippen LogP contribution in [0.2, 0.25) is 0 Å². The second-order valence-electron chi connectivity index (χ2n) is 11.5. The quantitative estimate of drug-likeness (QED) is 0.671. The van der Waals surface area contributed by atoms with Gasteiger partial charge in [0.25, 0.3) is 0 Å². The summed E-state index contributed by atoms with van der Waals surface area (Å²) in [6, 6.07) is 0. The molecule has 0 amide bonds. The van der Waals surface area contributed by atoms with Gasteiger partial charge in [0.2, 0.25) is 0 Å². The Balaban J connectivity index is 1.53. The third kappa shape index (κ3) is 3.37. The molecule has 0 bridgehead atoms. The maximum absolute atomic E-state index is 11.6. The standard InChI is InChI=1S/C25H42O4/c1-15(5-10-23(28)29-4)19-8-9-20-18-7-6-16-13-17(26)11-12-24(16,2)21(18)14-22(27)25(19,20)3/h15-22,26-27H,5-14H2,1-4H3/t15-,16-,17-,18-,19-,20+,21-,22+,24+,25-/m1/s1. The summed E-state index contributed by atoms with van der Waals surface area (Å²) in [5.74, 6) is 3.36. The fourth-order valence-corrected chi connectivity index (χ4v) is 8.81. The molecule has 166 valence electrons. The van der Waals surface area contributed by atoms with E-state index in [9.17, 15) is 15.0 Å². The van der Waals surface area contributed by atoms with Gasteiger partial charge in [-0.25, -0.2) is 0 Å². The van der Waals surface area contributed by atoms with E-state index in [4.69, 9.17) is 4.74 Å². The lowest BCUT2D eigenvalue weighted by Gasteiger charge is -2.62. The second-order valence-corrected chi connectivity index (χ2v) is 11.5. The molecule has 4 nitrogen and oxygen atoms in total. The van der Waals surface area contributed by atoms with Gasteiger partial charge in [0, 0.05) is 6.42 Å². The lowest BCUT2D eigenvalue weighted by molar-refractivity contribution is -0.175. The highest BCUT2D eigenvalue weighted by molar-refractivity contribution is 5.69. The fourth-order valence-electron chi connectivity index (χ4n) is 8.81. The van der Waals surface area contributed by atoms with E-state index in [2.05, 4.69) is 20.8 Å². The molecule has 4 aliphatic carbocycles. The molecule has 4 fully saturated rings. The Kier molecular flexibility index (Phi) is 5.83. The normalized spacial score (nSPS) is 50.2. The zero-order valence-corrected chi connectivity index (χ0v) is 18.9. The molecule has 0 saturated heterocycles. The molecule has 0 unspecified atom stereocenters. The molecule has 0 heterocycles. The monoisotopic (exact) mass is 406 g/mol. The van der Waals surface area contributed by atoms with Gasteiger partial charge in [0.05, 0.1) is 19.3 Å². The average Bonchev–Trinajstić information content (AvgIpc) is 3.06. The predicted octanol–water partition coefficient (Wildman–Crippen LogP) is 4.57. The molecule has 4 saturated carbocycles. The molecule has 0 aromatic heterocycles. The van der Waals surface area contributed by atoms with Crippen molar-refractivity contribution in [3.8, 4) is 0 Å². The first-order chi connectivity index (χ1) is 13.7. The maximum Gasteiger partial charge on any atom is 0.305 e. The Labute approximate surface area is 176 Å². The SMILES string of the molecule is COC(=O)CC[C@@H](C)[C@H]1CC[C@H]2[C@H]3CC[C@@H]4C[C@H](O)CC[C@]4(C)[C@@H]3C[C@H](O)[C@]12C. The Bertz CT molecular complexity index is 620. The highest BCUT2D eigenvalue weighted by Crippen LogP contribution is 2.68. The van der Waals surface area contributed by atoms with E-state index in [1.165, 1.54) is 32.8 Å². The molecule has 4 aliphatic rings. The van der Waals surface area contributed by atoms with E-state index < -0.39 is 0 Å². The minimum Gasteiger partial charge on any atom is -0.469 e. The zero-order valence-electron chi connectivity index (χ0n) is 18.9. The summed E-state index contributed by atoms with van der Waals surface area (Å²) >= 11 is 0. The average molecular weight is 407 g/mol. The zero-order chi connectivity index (χ0) is 21.0. The number of fused-ring (bicyclic) bond motifs is 5. The van der Waals surface area contributed by atoms with Crippen molar-refractivity contribution in [2.24, 2.45) is 46.3 Å². The molecule has 2 N–H and O–H groups in total. The first-order valence-corrected chi connectivity index (χ1v) is 12.1. The van der Waals surface area contributed by atoms with Crippen LogP contribution >= 0.6 is 0 Å². The number of rotatable bonds is 4. The summed E-state index contributed by atoms with van der Waals surface area (Å²) in [6.45, 7) is 7.12. The van der Waals surface area contributed by atoms with Gasteiger partial charge in [0.15, 0.2) is 0 Å². The van der Waals surface area contributed by atoms with Crippen LogP contribution in [0.5, 0.6) is 0 Å². The van der Waals surface area contributed by atoms with Crippen molar-refractivity contribution in [1.82, 2.24) is 0 Å². The lowest BCUT2D eigenvalue weighted by Crippen LogP contribution is -2.58. The van der Waals surface area contributed by atoms with E-state index in [-0.39, 0.29) is 23.6 Å². The maximum atomic E-state index is 11.6. The molecule has 4 rings (SSSR count). The lowest BCUT2D eigenvalue weighted by atomic mass is 9.43. The molecule has 0 spiro atoms. The van der Waals surface area contributed by atoms with E-state index in [1.54, 1.807) is 0 Å². The van der Waals surface area contributed by atoms with Crippen molar-refractivity contribution < 1.29 is 19.7 Å². The van der Waals surface area contributed by atoms with Crippen LogP contribution in [-0.2, 0) is 9.53 Å². The van der Waals surface area contributed by atoms with Crippen LogP contribution < -0.4 is 0 Å². The Morgan fingerprint density at radius 2 is 1.83 bits per heavy atom. The number of hydrogen-bond donors (Lipinski definition) is 2. The van der Waals surface area contributed by atoms with Crippen LogP contribution in [0.15, 0.2) is 0 Å². The number of carbonyl (C=O) groups is 1. The van der Waals surface area contributed by atoms with Crippen molar-refractivity contribution >= 4 is 5.97 Å². The number of ether oxygens (including phenoxy) is 1. The summed E-state index contributed by atoms with van der Waals surface area (Å²) < 4.78 is 4.85. The Morgan fingerprint density at radius 1 is 1.07 bits per heavy atom. The van der Waals surface area contributed by atoms with Crippen LogP contribution in [0.4, 0.5) is 0 Å². The fraction of sp³-hybridized carbons (Fsp3) is 0.960. The van der Waals surface area contributed by atoms with Crippen LogP contribution in [-0.4, -0.2) is 35.5 Å². The number of hydrogen-bond acceptors (Lipinski definition) is 4. The van der Waals surface area contributed by atoms with Crippen LogP contribution in [0.3, 0.4) is 0 Å². The topological polar surface area (TPSA) is 66.8 Å². The van der Waals surface area contributed by atoms with Crippen molar-refractivity contribution in [2.75, 3.05) is 7.11 Å². The molecule has 29 heavy (non-hydrogen) atoms. The van der Waals surface area contributed by atoms with Gasteiger partial charge >= 0.3 is 5.97 Å². The first kappa shape index (κ1) is 21.6. The van der Waals surface area contributed by atoms with E-state index in [1.807, 2.05) is 0 Å². The summed E-state index contributed by atoms with van der Waals surface area (Å²) in [5, 5.41) is 21.8. The number of carbonyl (C=O) groups excluding carboxylic acids is 1. The highest BCUT2D eigenvalue weighted by atomic mass is 16.5. The molecule has 4 heteroatoms. The highest BCUT2D eigenvalue weighted by Gasteiger charge is 2.63. The van der Waals surface area contributed by atoms with Gasteiger partial charge in [-0.1, -0.05) is 20.8 Å². The molecule has 0 aromatic rings. The molecular weight excluding hydrogens is 364 g/mol. The van der Waals surface area contributed by atoms with E-state index >= 15 is 0 Å². The summed E-state index contributed by atoms with van der Waals surface area (Å²) in [5.41, 5.74) is 0.271. The minimum absolute atomic E-state index is 0.0198. The van der Waals surface area contributed by atoms with Gasteiger partial charge in [-0.3, -0.25) is 4.79 Å². The van der Waals surface area contributed by atoms with Crippen molar-refractivity contribution in [1.29, 1.82) is 0 Å². The minimum atomic E-state index is -0.246. The van der Waals surface area contributed by atoms with E-state index in [0.29, 0.717) is 41.4 Å². The third-order valence-electron chi connectivity index (χ3n) is 10.5. The molecule has 0 radical (unpaired) electrons. The van der Waals surface area contributed by atoms with Gasteiger partial charge in [-0.2, -0.15) is 0 Å². The van der Waals surface area contributed by atoms with E-state index in [0.717, 1.165) is 38.0 Å². The molecule has 10 atom stereocenters. The van der Waals surface area contributed by atoms with Gasteiger partial charge in [-0.05, 0) is 104 Å². The molecule has 0 aromatic carbocycles.